The van der Waals surface area contributed by atoms with E-state index in [1.165, 1.54) is 29.2 Å². The molecule has 10 heteroatoms. The fourth-order valence-electron chi connectivity index (χ4n) is 4.57. The number of fused-ring (bicyclic) bond motifs is 1. The van der Waals surface area contributed by atoms with Crippen LogP contribution in [0.4, 0.5) is 5.69 Å². The Hall–Kier alpha value is -4.05. The number of methoxy groups -OCH3 is 1. The molecule has 1 aliphatic rings. The van der Waals surface area contributed by atoms with Gasteiger partial charge in [0.05, 0.1) is 36.5 Å². The summed E-state index contributed by atoms with van der Waals surface area (Å²) in [5.74, 6) is 0.570. The molecule has 4 rings (SSSR count). The topological polar surface area (TPSA) is 103 Å². The van der Waals surface area contributed by atoms with Crippen molar-refractivity contribution in [1.29, 1.82) is 0 Å². The second-order valence-corrected chi connectivity index (χ2v) is 9.67. The molecule has 1 aliphatic heterocycles. The van der Waals surface area contributed by atoms with Gasteiger partial charge in [0.2, 0.25) is 0 Å². The summed E-state index contributed by atoms with van der Waals surface area (Å²) in [6, 6.07) is 9.96. The van der Waals surface area contributed by atoms with Crippen molar-refractivity contribution in [3.63, 3.8) is 0 Å². The number of hydrogen-bond donors (Lipinski definition) is 1. The number of anilines is 1. The van der Waals surface area contributed by atoms with Crippen LogP contribution in [0.15, 0.2) is 58.0 Å². The van der Waals surface area contributed by atoms with Crippen LogP contribution >= 0.6 is 11.3 Å². The van der Waals surface area contributed by atoms with Gasteiger partial charge in [-0.1, -0.05) is 17.4 Å². The number of carbonyl (C=O) groups is 1. The number of ether oxygens (including phenoxy) is 3. The third-order valence-electron chi connectivity index (χ3n) is 6.44. The van der Waals surface area contributed by atoms with E-state index in [2.05, 4.69) is 23.7 Å². The fourth-order valence-corrected chi connectivity index (χ4v) is 5.53. The molecule has 1 aromatic heterocycles. The number of aromatic hydroxyl groups is 1. The SMILES string of the molecule is CCOc1ccc([C@H]2C(C(=O)OC)=CN=c3s/c(=C\c4ccc(N(CC)CC)cc4O)c(=O)n32)cc1OCC. The zero-order valence-corrected chi connectivity index (χ0v) is 23.6. The lowest BCUT2D eigenvalue weighted by Gasteiger charge is -2.23. The molecule has 1 atom stereocenters. The number of nitrogens with zero attached hydrogens (tertiary/aromatic N) is 3. The summed E-state index contributed by atoms with van der Waals surface area (Å²) in [7, 11) is 1.29. The van der Waals surface area contributed by atoms with Crippen LogP contribution in [-0.2, 0) is 9.53 Å². The van der Waals surface area contributed by atoms with Crippen LogP contribution in [0.3, 0.4) is 0 Å². The van der Waals surface area contributed by atoms with E-state index in [0.717, 1.165) is 18.8 Å². The summed E-state index contributed by atoms with van der Waals surface area (Å²) in [4.78, 5) is 33.5. The molecule has 0 bridgehead atoms. The average molecular weight is 552 g/mol. The zero-order chi connectivity index (χ0) is 28.1. The molecule has 1 N–H and O–H groups in total. The number of aromatic nitrogens is 1. The average Bonchev–Trinajstić information content (AvgIpc) is 3.26. The van der Waals surface area contributed by atoms with E-state index < -0.39 is 12.0 Å². The Balaban J connectivity index is 1.86. The first-order valence-electron chi connectivity index (χ1n) is 12.9. The molecule has 9 nitrogen and oxygen atoms in total. The normalized spacial score (nSPS) is 14.7. The predicted molar refractivity (Wildman–Crippen MR) is 152 cm³/mol. The molecule has 0 saturated heterocycles. The number of phenols is 1. The monoisotopic (exact) mass is 551 g/mol. The van der Waals surface area contributed by atoms with Gasteiger partial charge >= 0.3 is 5.97 Å². The molecule has 39 heavy (non-hydrogen) atoms. The van der Waals surface area contributed by atoms with Crippen LogP contribution in [0.5, 0.6) is 17.2 Å². The van der Waals surface area contributed by atoms with E-state index >= 15 is 0 Å². The highest BCUT2D eigenvalue weighted by Crippen LogP contribution is 2.35. The van der Waals surface area contributed by atoms with Gasteiger partial charge in [0, 0.05) is 36.6 Å². The lowest BCUT2D eigenvalue weighted by atomic mass is 9.97. The molecule has 0 amide bonds. The Labute approximate surface area is 230 Å². The Kier molecular flexibility index (Phi) is 8.75. The minimum Gasteiger partial charge on any atom is -0.507 e. The molecule has 0 saturated carbocycles. The summed E-state index contributed by atoms with van der Waals surface area (Å²) in [5.41, 5.74) is 1.94. The molecule has 3 aromatic rings. The number of thiazole rings is 1. The summed E-state index contributed by atoms with van der Waals surface area (Å²) < 4.78 is 18.4. The Morgan fingerprint density at radius 2 is 1.79 bits per heavy atom. The van der Waals surface area contributed by atoms with Crippen molar-refractivity contribution in [2.24, 2.45) is 4.99 Å². The predicted octanol–water partition coefficient (Wildman–Crippen LogP) is 3.37. The van der Waals surface area contributed by atoms with E-state index in [1.807, 2.05) is 19.9 Å². The van der Waals surface area contributed by atoms with Crippen LogP contribution < -0.4 is 29.3 Å². The number of carbonyl (C=O) groups excluding carboxylic acids is 1. The van der Waals surface area contributed by atoms with Crippen molar-refractivity contribution in [1.82, 2.24) is 4.57 Å². The number of phenolic OH excluding ortho intramolecular Hbond substituents is 1. The maximum absolute atomic E-state index is 13.8. The van der Waals surface area contributed by atoms with Crippen LogP contribution in [0.2, 0.25) is 0 Å². The molecule has 2 heterocycles. The van der Waals surface area contributed by atoms with Gasteiger partial charge in [0.15, 0.2) is 16.3 Å². The number of hydrogen-bond acceptors (Lipinski definition) is 9. The van der Waals surface area contributed by atoms with E-state index in [-0.39, 0.29) is 16.9 Å². The largest absolute Gasteiger partial charge is 0.507 e. The maximum Gasteiger partial charge on any atom is 0.337 e. The van der Waals surface area contributed by atoms with Crippen LogP contribution in [0.25, 0.3) is 6.08 Å². The molecular formula is C29H33N3O6S. The summed E-state index contributed by atoms with van der Waals surface area (Å²) in [5, 5.41) is 10.7. The molecule has 206 valence electrons. The standard InChI is InChI=1S/C29H33N3O6S/c1-6-31(7-2)20-12-10-18(22(33)16-20)15-25-27(34)32-26(21(28(35)36-5)17-30-29(32)39-25)19-11-13-23(37-8-3)24(14-19)38-9-4/h10-17,26,33H,6-9H2,1-5H3/b25-15-/t26-/m0/s1. The van der Waals surface area contributed by atoms with Gasteiger partial charge in [-0.25, -0.2) is 9.79 Å². The van der Waals surface area contributed by atoms with E-state index in [0.29, 0.717) is 45.2 Å². The van der Waals surface area contributed by atoms with E-state index in [9.17, 15) is 14.7 Å². The highest BCUT2D eigenvalue weighted by molar-refractivity contribution is 7.07. The smallest absolute Gasteiger partial charge is 0.337 e. The van der Waals surface area contributed by atoms with Gasteiger partial charge in [-0.2, -0.15) is 0 Å². The van der Waals surface area contributed by atoms with Gasteiger partial charge in [0.25, 0.3) is 5.56 Å². The number of esters is 1. The lowest BCUT2D eigenvalue weighted by Crippen LogP contribution is -2.39. The molecule has 0 spiro atoms. The van der Waals surface area contributed by atoms with Crippen LogP contribution in [-0.4, -0.2) is 49.1 Å². The van der Waals surface area contributed by atoms with Gasteiger partial charge in [-0.3, -0.25) is 9.36 Å². The third-order valence-corrected chi connectivity index (χ3v) is 7.43. The number of benzene rings is 2. The van der Waals surface area contributed by atoms with Crippen LogP contribution in [0.1, 0.15) is 44.9 Å². The van der Waals surface area contributed by atoms with Gasteiger partial charge in [-0.15, -0.1) is 0 Å². The zero-order valence-electron chi connectivity index (χ0n) is 22.8. The second-order valence-electron chi connectivity index (χ2n) is 8.66. The summed E-state index contributed by atoms with van der Waals surface area (Å²) in [6.07, 6.45) is 3.09. The van der Waals surface area contributed by atoms with Crippen molar-refractivity contribution in [3.8, 4) is 17.2 Å². The first kappa shape index (κ1) is 28.0. The van der Waals surface area contributed by atoms with Crippen molar-refractivity contribution < 1.29 is 24.1 Å². The highest BCUT2D eigenvalue weighted by atomic mass is 32.1. The second kappa shape index (κ2) is 12.2. The fraction of sp³-hybridized carbons (Fsp3) is 0.345. The van der Waals surface area contributed by atoms with Crippen LogP contribution in [0, 0.1) is 0 Å². The minimum absolute atomic E-state index is 0.0740. The highest BCUT2D eigenvalue weighted by Gasteiger charge is 2.31. The molecule has 0 aliphatic carbocycles. The third kappa shape index (κ3) is 5.56. The molecule has 0 fully saturated rings. The first-order chi connectivity index (χ1) is 18.9. The summed E-state index contributed by atoms with van der Waals surface area (Å²) >= 11 is 1.18. The Morgan fingerprint density at radius 3 is 2.44 bits per heavy atom. The Morgan fingerprint density at radius 1 is 1.08 bits per heavy atom. The van der Waals surface area contributed by atoms with E-state index in [1.54, 1.807) is 36.4 Å². The quantitative estimate of drug-likeness (QED) is 0.386. The molecule has 2 aromatic carbocycles. The van der Waals surface area contributed by atoms with Crippen molar-refractivity contribution in [3.05, 3.63) is 79.0 Å². The lowest BCUT2D eigenvalue weighted by molar-refractivity contribution is -0.136. The molecule has 0 unspecified atom stereocenters. The number of rotatable bonds is 10. The molecular weight excluding hydrogens is 518 g/mol. The van der Waals surface area contributed by atoms with Crippen molar-refractivity contribution in [2.45, 2.75) is 33.7 Å². The van der Waals surface area contributed by atoms with E-state index in [4.69, 9.17) is 14.2 Å². The molecule has 0 radical (unpaired) electrons. The van der Waals surface area contributed by atoms with Crippen molar-refractivity contribution >= 4 is 29.1 Å². The maximum atomic E-state index is 13.8. The van der Waals surface area contributed by atoms with Gasteiger partial charge in [-0.05, 0) is 63.6 Å². The Bertz CT molecular complexity index is 1570. The summed E-state index contributed by atoms with van der Waals surface area (Å²) in [6.45, 7) is 10.4. The van der Waals surface area contributed by atoms with Crippen molar-refractivity contribution in [2.75, 3.05) is 38.3 Å². The first-order valence-corrected chi connectivity index (χ1v) is 13.7. The van der Waals surface area contributed by atoms with Gasteiger partial charge < -0.3 is 24.2 Å². The van der Waals surface area contributed by atoms with Gasteiger partial charge in [0.1, 0.15) is 5.75 Å². The minimum atomic E-state index is -0.788.